The van der Waals surface area contributed by atoms with Gasteiger partial charge < -0.3 is 0 Å². The fraction of sp³-hybridized carbons (Fsp3) is 0.0345. The molecule has 0 saturated carbocycles. The molecule has 0 atom stereocenters. The summed E-state index contributed by atoms with van der Waals surface area (Å²) in [4.78, 5) is 0. The minimum Gasteiger partial charge on any atom is -0.0622 e. The van der Waals surface area contributed by atoms with E-state index < -0.39 is 0 Å². The molecular formula is C29H20. The number of benzene rings is 4. The molecule has 0 N–H and O–H groups in total. The Hall–Kier alpha value is -4.00. The van der Waals surface area contributed by atoms with Gasteiger partial charge in [0.2, 0.25) is 0 Å². The summed E-state index contributed by atoms with van der Waals surface area (Å²) < 4.78 is 0. The van der Waals surface area contributed by atoms with Gasteiger partial charge in [-0.3, -0.25) is 0 Å². The SMILES string of the molecule is Cc1ccc(-c2ccccc2C#Cc2ccccc2)c(C#Cc2ccccc2)c1. The quantitative estimate of drug-likeness (QED) is 0.338. The molecule has 0 heteroatoms. The van der Waals surface area contributed by atoms with Crippen molar-refractivity contribution in [3.8, 4) is 34.8 Å². The lowest BCUT2D eigenvalue weighted by molar-refractivity contribution is 1.44. The maximum absolute atomic E-state index is 3.37. The van der Waals surface area contributed by atoms with Crippen molar-refractivity contribution in [3.05, 3.63) is 131 Å². The molecule has 0 fully saturated rings. The zero-order chi connectivity index (χ0) is 19.9. The molecule has 0 heterocycles. The lowest BCUT2D eigenvalue weighted by atomic mass is 9.94. The van der Waals surface area contributed by atoms with Gasteiger partial charge in [-0.2, -0.15) is 0 Å². The van der Waals surface area contributed by atoms with E-state index in [4.69, 9.17) is 0 Å². The minimum atomic E-state index is 1.00. The number of rotatable bonds is 1. The molecule has 0 bridgehead atoms. The Morgan fingerprint density at radius 1 is 0.448 bits per heavy atom. The van der Waals surface area contributed by atoms with Gasteiger partial charge in [-0.15, -0.1) is 0 Å². The summed E-state index contributed by atoms with van der Waals surface area (Å²) in [6, 6.07) is 34.8. The molecule has 0 aromatic heterocycles. The van der Waals surface area contributed by atoms with Crippen molar-refractivity contribution in [2.45, 2.75) is 6.92 Å². The second-order valence-electron chi connectivity index (χ2n) is 6.83. The van der Waals surface area contributed by atoms with Crippen molar-refractivity contribution < 1.29 is 0 Å². The molecule has 0 amide bonds. The van der Waals surface area contributed by atoms with E-state index in [-0.39, 0.29) is 0 Å². The average Bonchev–Trinajstić information content (AvgIpc) is 2.78. The van der Waals surface area contributed by atoms with Gasteiger partial charge in [0.05, 0.1) is 0 Å². The fourth-order valence-electron chi connectivity index (χ4n) is 3.15. The third-order valence-corrected chi connectivity index (χ3v) is 4.62. The highest BCUT2D eigenvalue weighted by Gasteiger charge is 2.07. The van der Waals surface area contributed by atoms with Crippen LogP contribution in [0.1, 0.15) is 27.8 Å². The molecule has 0 aliphatic carbocycles. The van der Waals surface area contributed by atoms with E-state index in [0.717, 1.165) is 33.4 Å². The Morgan fingerprint density at radius 2 is 0.966 bits per heavy atom. The van der Waals surface area contributed by atoms with Gasteiger partial charge in [0, 0.05) is 22.3 Å². The van der Waals surface area contributed by atoms with Gasteiger partial charge in [0.1, 0.15) is 0 Å². The van der Waals surface area contributed by atoms with E-state index in [9.17, 15) is 0 Å². The Bertz CT molecular complexity index is 1240. The highest BCUT2D eigenvalue weighted by molar-refractivity contribution is 5.77. The van der Waals surface area contributed by atoms with Crippen LogP contribution in [0.25, 0.3) is 11.1 Å². The predicted molar refractivity (Wildman–Crippen MR) is 121 cm³/mol. The molecule has 0 aliphatic heterocycles. The van der Waals surface area contributed by atoms with Crippen LogP contribution in [0.2, 0.25) is 0 Å². The van der Waals surface area contributed by atoms with E-state index in [1.54, 1.807) is 0 Å². The van der Waals surface area contributed by atoms with E-state index in [1.807, 2.05) is 66.7 Å². The van der Waals surface area contributed by atoms with Crippen molar-refractivity contribution >= 4 is 0 Å². The smallest absolute Gasteiger partial charge is 0.0330 e. The zero-order valence-electron chi connectivity index (χ0n) is 16.3. The average molecular weight is 368 g/mol. The molecule has 29 heavy (non-hydrogen) atoms. The molecule has 0 unspecified atom stereocenters. The van der Waals surface area contributed by atoms with Crippen molar-refractivity contribution in [1.29, 1.82) is 0 Å². The zero-order valence-corrected chi connectivity index (χ0v) is 16.3. The summed E-state index contributed by atoms with van der Waals surface area (Å²) in [7, 11) is 0. The van der Waals surface area contributed by atoms with Crippen LogP contribution in [0.4, 0.5) is 0 Å². The van der Waals surface area contributed by atoms with Crippen LogP contribution >= 0.6 is 0 Å². The van der Waals surface area contributed by atoms with Crippen LogP contribution in [0, 0.1) is 30.6 Å². The Balaban J connectivity index is 1.79. The maximum Gasteiger partial charge on any atom is 0.0330 e. The summed E-state index contributed by atoms with van der Waals surface area (Å²) in [5.41, 5.74) is 7.45. The van der Waals surface area contributed by atoms with Gasteiger partial charge in [0.15, 0.2) is 0 Å². The second kappa shape index (κ2) is 8.79. The highest BCUT2D eigenvalue weighted by Crippen LogP contribution is 2.27. The lowest BCUT2D eigenvalue weighted by Gasteiger charge is -2.09. The van der Waals surface area contributed by atoms with Gasteiger partial charge >= 0.3 is 0 Å². The first-order chi connectivity index (χ1) is 14.3. The summed E-state index contributed by atoms with van der Waals surface area (Å²) in [6.45, 7) is 2.10. The molecule has 0 spiro atoms. The van der Waals surface area contributed by atoms with Crippen molar-refractivity contribution in [2.24, 2.45) is 0 Å². The predicted octanol–water partition coefficient (Wildman–Crippen LogP) is 6.46. The Labute approximate surface area is 172 Å². The van der Waals surface area contributed by atoms with Crippen LogP contribution in [-0.2, 0) is 0 Å². The van der Waals surface area contributed by atoms with E-state index in [2.05, 4.69) is 67.0 Å². The first-order valence-corrected chi connectivity index (χ1v) is 9.64. The number of hydrogen-bond acceptors (Lipinski definition) is 0. The molecular weight excluding hydrogens is 348 g/mol. The first kappa shape index (κ1) is 18.4. The second-order valence-corrected chi connectivity index (χ2v) is 6.83. The molecule has 4 rings (SSSR count). The Morgan fingerprint density at radius 3 is 1.62 bits per heavy atom. The van der Waals surface area contributed by atoms with E-state index >= 15 is 0 Å². The van der Waals surface area contributed by atoms with Crippen LogP contribution in [0.5, 0.6) is 0 Å². The molecule has 4 aromatic rings. The highest BCUT2D eigenvalue weighted by atomic mass is 14.1. The van der Waals surface area contributed by atoms with Crippen LogP contribution in [-0.4, -0.2) is 0 Å². The number of aryl methyl sites for hydroxylation is 1. The molecule has 0 saturated heterocycles. The van der Waals surface area contributed by atoms with Gasteiger partial charge in [-0.1, -0.05) is 90.4 Å². The molecule has 0 nitrogen and oxygen atoms in total. The minimum absolute atomic E-state index is 1.00. The summed E-state index contributed by atoms with van der Waals surface area (Å²) in [6.07, 6.45) is 0. The molecule has 0 radical (unpaired) electrons. The summed E-state index contributed by atoms with van der Waals surface area (Å²) in [5.74, 6) is 13.3. The third kappa shape index (κ3) is 4.65. The Kier molecular flexibility index (Phi) is 5.57. The standard InChI is InChI=1S/C29H20/c1-23-16-21-29(27(22-23)20-18-25-12-6-3-7-13-25)28-15-9-8-14-26(28)19-17-24-10-4-2-5-11-24/h2-16,21-22H,1H3. The molecule has 4 aromatic carbocycles. The number of hydrogen-bond donors (Lipinski definition) is 0. The largest absolute Gasteiger partial charge is 0.0622 e. The van der Waals surface area contributed by atoms with Gasteiger partial charge in [-0.25, -0.2) is 0 Å². The fourth-order valence-corrected chi connectivity index (χ4v) is 3.15. The van der Waals surface area contributed by atoms with Crippen LogP contribution in [0.15, 0.2) is 103 Å². The molecule has 136 valence electrons. The third-order valence-electron chi connectivity index (χ3n) is 4.62. The van der Waals surface area contributed by atoms with Crippen molar-refractivity contribution in [3.63, 3.8) is 0 Å². The van der Waals surface area contributed by atoms with E-state index in [1.165, 1.54) is 5.56 Å². The monoisotopic (exact) mass is 368 g/mol. The summed E-state index contributed by atoms with van der Waals surface area (Å²) >= 11 is 0. The summed E-state index contributed by atoms with van der Waals surface area (Å²) in [5, 5.41) is 0. The molecule has 0 aliphatic rings. The first-order valence-electron chi connectivity index (χ1n) is 9.64. The van der Waals surface area contributed by atoms with E-state index in [0.29, 0.717) is 0 Å². The van der Waals surface area contributed by atoms with Crippen LogP contribution in [0.3, 0.4) is 0 Å². The normalized spacial score (nSPS) is 9.69. The lowest BCUT2D eigenvalue weighted by Crippen LogP contribution is -1.90. The topological polar surface area (TPSA) is 0 Å². The maximum atomic E-state index is 3.37. The van der Waals surface area contributed by atoms with Gasteiger partial charge in [-0.05, 0) is 60.0 Å². The van der Waals surface area contributed by atoms with Crippen LogP contribution < -0.4 is 0 Å². The van der Waals surface area contributed by atoms with Crippen molar-refractivity contribution in [2.75, 3.05) is 0 Å². The van der Waals surface area contributed by atoms with Gasteiger partial charge in [0.25, 0.3) is 0 Å². The van der Waals surface area contributed by atoms with Crippen molar-refractivity contribution in [1.82, 2.24) is 0 Å².